The maximum absolute atomic E-state index is 12.8. The van der Waals surface area contributed by atoms with Gasteiger partial charge in [-0.05, 0) is 50.8 Å². The van der Waals surface area contributed by atoms with Crippen LogP contribution >= 0.6 is 0 Å². The van der Waals surface area contributed by atoms with Gasteiger partial charge in [0.05, 0.1) is 5.69 Å². The van der Waals surface area contributed by atoms with E-state index in [2.05, 4.69) is 54.3 Å². The molecule has 1 aromatic carbocycles. The third-order valence-corrected chi connectivity index (χ3v) is 5.94. The van der Waals surface area contributed by atoms with Gasteiger partial charge in [-0.15, -0.1) is 0 Å². The van der Waals surface area contributed by atoms with Gasteiger partial charge in [0.15, 0.2) is 0 Å². The second-order valence-electron chi connectivity index (χ2n) is 7.92. The highest BCUT2D eigenvalue weighted by molar-refractivity contribution is 5.79. The molecule has 1 saturated heterocycles. The van der Waals surface area contributed by atoms with Crippen LogP contribution in [0, 0.1) is 12.8 Å². The second kappa shape index (κ2) is 7.61. The monoisotopic (exact) mass is 348 g/mol. The second-order valence-corrected chi connectivity index (χ2v) is 7.92. The zero-order chi connectivity index (χ0) is 17.9. The van der Waals surface area contributed by atoms with E-state index in [1.165, 1.54) is 24.0 Å². The number of likely N-dealkylation sites (tertiary alicyclic amines) is 1. The molecule has 3 nitrogen and oxygen atoms in total. The molecule has 0 radical (unpaired) electrons. The van der Waals surface area contributed by atoms with Crippen molar-refractivity contribution in [3.63, 3.8) is 0 Å². The van der Waals surface area contributed by atoms with Crippen LogP contribution in [0.5, 0.6) is 0 Å². The number of piperidine rings is 1. The lowest BCUT2D eigenvalue weighted by molar-refractivity contribution is -0.136. The number of amides is 1. The molecule has 2 aliphatic rings. The fraction of sp³-hybridized carbons (Fsp3) is 0.478. The molecule has 1 atom stereocenters. The van der Waals surface area contributed by atoms with Gasteiger partial charge in [0.1, 0.15) is 0 Å². The zero-order valence-corrected chi connectivity index (χ0v) is 15.7. The first-order valence-electron chi connectivity index (χ1n) is 10.0. The van der Waals surface area contributed by atoms with Crippen molar-refractivity contribution in [2.45, 2.75) is 51.4 Å². The van der Waals surface area contributed by atoms with Gasteiger partial charge < -0.3 is 4.90 Å². The molecule has 26 heavy (non-hydrogen) atoms. The van der Waals surface area contributed by atoms with E-state index in [4.69, 9.17) is 4.98 Å². The Morgan fingerprint density at radius 2 is 1.85 bits per heavy atom. The molecule has 0 unspecified atom stereocenters. The number of carbonyl (C=O) groups excluding carboxylic acids is 1. The van der Waals surface area contributed by atoms with Gasteiger partial charge in [-0.3, -0.25) is 9.78 Å². The van der Waals surface area contributed by atoms with E-state index in [0.717, 1.165) is 50.2 Å². The smallest absolute Gasteiger partial charge is 0.225 e. The van der Waals surface area contributed by atoms with Crippen LogP contribution in [-0.2, 0) is 4.79 Å². The summed E-state index contributed by atoms with van der Waals surface area (Å²) in [5, 5.41) is 0. The van der Waals surface area contributed by atoms with Gasteiger partial charge >= 0.3 is 0 Å². The van der Waals surface area contributed by atoms with E-state index in [1.807, 2.05) is 0 Å². The van der Waals surface area contributed by atoms with E-state index in [1.54, 1.807) is 0 Å². The Labute approximate surface area is 156 Å². The highest BCUT2D eigenvalue weighted by Gasteiger charge is 2.31. The van der Waals surface area contributed by atoms with Crippen LogP contribution in [0.3, 0.4) is 0 Å². The van der Waals surface area contributed by atoms with Crippen LogP contribution in [0.4, 0.5) is 0 Å². The molecule has 3 heteroatoms. The molecule has 2 fully saturated rings. The van der Waals surface area contributed by atoms with Crippen molar-refractivity contribution in [3.05, 3.63) is 53.7 Å². The summed E-state index contributed by atoms with van der Waals surface area (Å²) < 4.78 is 0. The van der Waals surface area contributed by atoms with Crippen molar-refractivity contribution < 1.29 is 4.79 Å². The number of rotatable bonds is 3. The normalized spacial score (nSPS) is 21.1. The highest BCUT2D eigenvalue weighted by Crippen LogP contribution is 2.31. The highest BCUT2D eigenvalue weighted by atomic mass is 16.2. The van der Waals surface area contributed by atoms with Gasteiger partial charge in [-0.2, -0.15) is 0 Å². The third-order valence-electron chi connectivity index (χ3n) is 5.94. The van der Waals surface area contributed by atoms with E-state index < -0.39 is 0 Å². The van der Waals surface area contributed by atoms with Crippen LogP contribution in [0.25, 0.3) is 11.3 Å². The molecule has 0 N–H and O–H groups in total. The molecular formula is C23H28N2O. The summed E-state index contributed by atoms with van der Waals surface area (Å²) in [5.41, 5.74) is 4.58. The predicted molar refractivity (Wildman–Crippen MR) is 105 cm³/mol. The summed E-state index contributed by atoms with van der Waals surface area (Å²) >= 11 is 0. The third kappa shape index (κ3) is 3.67. The summed E-state index contributed by atoms with van der Waals surface area (Å²) in [6.45, 7) is 3.87. The summed E-state index contributed by atoms with van der Waals surface area (Å²) in [6, 6.07) is 14.8. The Bertz CT molecular complexity index is 779. The first-order valence-corrected chi connectivity index (χ1v) is 10.0. The molecule has 1 saturated carbocycles. The first kappa shape index (κ1) is 17.3. The molecule has 2 heterocycles. The number of aromatic nitrogens is 1. The van der Waals surface area contributed by atoms with Gasteiger partial charge in [0, 0.05) is 36.2 Å². The minimum Gasteiger partial charge on any atom is -0.342 e. The van der Waals surface area contributed by atoms with E-state index in [0.29, 0.717) is 11.8 Å². The molecule has 2 aromatic rings. The van der Waals surface area contributed by atoms with Gasteiger partial charge in [0.25, 0.3) is 0 Å². The SMILES string of the molecule is Cc1cccc(-c2cccc([C@H]3CCCN(C(=O)C4CCCC4)C3)n2)c1. The Kier molecular flexibility index (Phi) is 5.05. The summed E-state index contributed by atoms with van der Waals surface area (Å²) in [6.07, 6.45) is 6.81. The lowest BCUT2D eigenvalue weighted by atomic mass is 9.92. The predicted octanol–water partition coefficient (Wildman–Crippen LogP) is 4.95. The fourth-order valence-electron chi connectivity index (χ4n) is 4.49. The zero-order valence-electron chi connectivity index (χ0n) is 15.7. The number of benzene rings is 1. The first-order chi connectivity index (χ1) is 12.7. The molecule has 0 bridgehead atoms. The molecule has 1 aliphatic heterocycles. The van der Waals surface area contributed by atoms with Gasteiger partial charge in [-0.25, -0.2) is 0 Å². The molecule has 1 aromatic heterocycles. The van der Waals surface area contributed by atoms with Gasteiger partial charge in [-0.1, -0.05) is 42.7 Å². The van der Waals surface area contributed by atoms with Crippen molar-refractivity contribution in [1.29, 1.82) is 0 Å². The molecule has 1 aliphatic carbocycles. The van der Waals surface area contributed by atoms with E-state index in [9.17, 15) is 4.79 Å². The van der Waals surface area contributed by atoms with Gasteiger partial charge in [0.2, 0.25) is 5.91 Å². The maximum Gasteiger partial charge on any atom is 0.225 e. The number of aryl methyl sites for hydroxylation is 1. The average molecular weight is 348 g/mol. The molecular weight excluding hydrogens is 320 g/mol. The quantitative estimate of drug-likeness (QED) is 0.786. The molecule has 136 valence electrons. The number of carbonyl (C=O) groups is 1. The topological polar surface area (TPSA) is 33.2 Å². The standard InChI is InChI=1S/C23H28N2O/c1-17-7-4-10-19(15-17)21-12-5-13-22(24-21)20-11-6-14-25(16-20)23(26)18-8-2-3-9-18/h4-5,7,10,12-13,15,18,20H,2-3,6,8-9,11,14,16H2,1H3/t20-/m0/s1. The van der Waals surface area contributed by atoms with Crippen LogP contribution in [0.15, 0.2) is 42.5 Å². The van der Waals surface area contributed by atoms with Crippen LogP contribution in [0.2, 0.25) is 0 Å². The van der Waals surface area contributed by atoms with E-state index >= 15 is 0 Å². The van der Waals surface area contributed by atoms with Crippen molar-refractivity contribution in [2.75, 3.05) is 13.1 Å². The Hall–Kier alpha value is -2.16. The van der Waals surface area contributed by atoms with Crippen molar-refractivity contribution in [1.82, 2.24) is 9.88 Å². The summed E-state index contributed by atoms with van der Waals surface area (Å²) in [4.78, 5) is 19.9. The van der Waals surface area contributed by atoms with Crippen LogP contribution in [-0.4, -0.2) is 28.9 Å². The van der Waals surface area contributed by atoms with Crippen LogP contribution < -0.4 is 0 Å². The Morgan fingerprint density at radius 1 is 1.04 bits per heavy atom. The Morgan fingerprint density at radius 3 is 2.65 bits per heavy atom. The largest absolute Gasteiger partial charge is 0.342 e. The van der Waals surface area contributed by atoms with E-state index in [-0.39, 0.29) is 5.92 Å². The molecule has 4 rings (SSSR count). The maximum atomic E-state index is 12.8. The molecule has 1 amide bonds. The van der Waals surface area contributed by atoms with Crippen LogP contribution in [0.1, 0.15) is 55.7 Å². The van der Waals surface area contributed by atoms with Crippen molar-refractivity contribution in [3.8, 4) is 11.3 Å². The fourth-order valence-corrected chi connectivity index (χ4v) is 4.49. The lowest BCUT2D eigenvalue weighted by Gasteiger charge is -2.34. The Balaban J connectivity index is 1.51. The average Bonchev–Trinajstić information content (AvgIpc) is 3.22. The summed E-state index contributed by atoms with van der Waals surface area (Å²) in [5.74, 6) is 1.03. The van der Waals surface area contributed by atoms with Crippen molar-refractivity contribution >= 4 is 5.91 Å². The minimum absolute atomic E-state index is 0.278. The number of pyridine rings is 1. The number of nitrogens with zero attached hydrogens (tertiary/aromatic N) is 2. The lowest BCUT2D eigenvalue weighted by Crippen LogP contribution is -2.42. The number of hydrogen-bond donors (Lipinski definition) is 0. The van der Waals surface area contributed by atoms with Crippen molar-refractivity contribution in [2.24, 2.45) is 5.92 Å². The minimum atomic E-state index is 0.278. The summed E-state index contributed by atoms with van der Waals surface area (Å²) in [7, 11) is 0. The number of hydrogen-bond acceptors (Lipinski definition) is 2. The molecule has 0 spiro atoms.